The average Bonchev–Trinajstić information content (AvgIpc) is 2.54. The normalized spacial score (nSPS) is 12.5. The summed E-state index contributed by atoms with van der Waals surface area (Å²) in [5.41, 5.74) is -0.102. The van der Waals surface area contributed by atoms with Crippen LogP contribution < -0.4 is 5.32 Å². The van der Waals surface area contributed by atoms with Crippen molar-refractivity contribution < 1.29 is 19.1 Å². The van der Waals surface area contributed by atoms with Crippen LogP contribution in [0.25, 0.3) is 0 Å². The van der Waals surface area contributed by atoms with Crippen molar-refractivity contribution in [2.45, 2.75) is 98.4 Å². The molecule has 0 rings (SSSR count). The lowest BCUT2D eigenvalue weighted by molar-refractivity contribution is -0.146. The molecule has 0 aromatic carbocycles. The van der Waals surface area contributed by atoms with Gasteiger partial charge >= 0.3 is 12.1 Å². The molecule has 0 radical (unpaired) electrons. The summed E-state index contributed by atoms with van der Waals surface area (Å²) in [5.74, 6) is -0.361. The molecule has 25 heavy (non-hydrogen) atoms. The van der Waals surface area contributed by atoms with Crippen LogP contribution >= 0.6 is 0 Å². The Bertz CT molecular complexity index is 363. The van der Waals surface area contributed by atoms with Crippen molar-refractivity contribution in [2.24, 2.45) is 5.41 Å². The molecule has 0 aliphatic carbocycles. The maximum absolute atomic E-state index is 12.2. The first-order valence-corrected chi connectivity index (χ1v) is 9.90. The summed E-state index contributed by atoms with van der Waals surface area (Å²) in [7, 11) is 0. The fourth-order valence-electron chi connectivity index (χ4n) is 2.34. The fraction of sp³-hybridized carbons (Fsp3) is 0.900. The summed E-state index contributed by atoms with van der Waals surface area (Å²) in [6.45, 7) is 10.9. The molecule has 0 saturated heterocycles. The van der Waals surface area contributed by atoms with Crippen molar-refractivity contribution in [3.8, 4) is 0 Å². The van der Waals surface area contributed by atoms with Gasteiger partial charge in [0.1, 0.15) is 6.04 Å². The summed E-state index contributed by atoms with van der Waals surface area (Å²) in [5, 5.41) is 2.63. The van der Waals surface area contributed by atoms with Gasteiger partial charge in [-0.3, -0.25) is 0 Å². The molecule has 0 aromatic heterocycles. The molecule has 0 aliphatic rings. The third-order valence-electron chi connectivity index (χ3n) is 3.78. The van der Waals surface area contributed by atoms with Crippen molar-refractivity contribution in [3.05, 3.63) is 0 Å². The second-order valence-electron chi connectivity index (χ2n) is 7.91. The van der Waals surface area contributed by atoms with Gasteiger partial charge < -0.3 is 14.8 Å². The molecule has 0 fully saturated rings. The fourth-order valence-corrected chi connectivity index (χ4v) is 2.34. The largest absolute Gasteiger partial charge is 0.464 e. The SMILES string of the molecule is CCCCCCCCCOC(=O)C(CCC)NC(=O)OCC(C)(C)C. The molecule has 1 atom stereocenters. The van der Waals surface area contributed by atoms with Gasteiger partial charge in [-0.1, -0.05) is 79.6 Å². The van der Waals surface area contributed by atoms with Gasteiger partial charge in [0.2, 0.25) is 0 Å². The maximum atomic E-state index is 12.2. The van der Waals surface area contributed by atoms with E-state index in [1.54, 1.807) is 0 Å². The summed E-state index contributed by atoms with van der Waals surface area (Å²) < 4.78 is 10.5. The van der Waals surface area contributed by atoms with Gasteiger partial charge in [0, 0.05) is 0 Å². The van der Waals surface area contributed by atoms with E-state index in [-0.39, 0.29) is 11.4 Å². The Morgan fingerprint density at radius 3 is 2.04 bits per heavy atom. The van der Waals surface area contributed by atoms with Crippen molar-refractivity contribution in [3.63, 3.8) is 0 Å². The predicted octanol–water partition coefficient (Wildman–Crippen LogP) is 5.22. The minimum atomic E-state index is -0.623. The highest BCUT2D eigenvalue weighted by Crippen LogP contribution is 2.13. The quantitative estimate of drug-likeness (QED) is 0.362. The minimum Gasteiger partial charge on any atom is -0.464 e. The Kier molecular flexibility index (Phi) is 13.3. The zero-order valence-corrected chi connectivity index (χ0v) is 17.0. The van der Waals surface area contributed by atoms with E-state index in [0.29, 0.717) is 19.6 Å². The smallest absolute Gasteiger partial charge is 0.407 e. The van der Waals surface area contributed by atoms with E-state index >= 15 is 0 Å². The molecular weight excluding hydrogens is 318 g/mol. The van der Waals surface area contributed by atoms with E-state index in [0.717, 1.165) is 19.3 Å². The third-order valence-corrected chi connectivity index (χ3v) is 3.78. The summed E-state index contributed by atoms with van der Waals surface area (Å²) in [6.07, 6.45) is 9.02. The zero-order valence-electron chi connectivity index (χ0n) is 17.0. The molecular formula is C20H39NO4. The highest BCUT2D eigenvalue weighted by Gasteiger charge is 2.23. The first-order chi connectivity index (χ1) is 11.8. The number of carbonyl (C=O) groups is 2. The van der Waals surface area contributed by atoms with Crippen LogP contribution in [-0.4, -0.2) is 31.3 Å². The van der Waals surface area contributed by atoms with Crippen molar-refractivity contribution >= 4 is 12.1 Å². The number of carbonyl (C=O) groups excluding carboxylic acids is 2. The van der Waals surface area contributed by atoms with E-state index in [1.807, 2.05) is 27.7 Å². The van der Waals surface area contributed by atoms with E-state index in [2.05, 4.69) is 12.2 Å². The van der Waals surface area contributed by atoms with Gasteiger partial charge in [0.05, 0.1) is 13.2 Å². The molecule has 1 N–H and O–H groups in total. The standard InChI is InChI=1S/C20H39NO4/c1-6-8-9-10-11-12-13-15-24-18(22)17(14-7-2)21-19(23)25-16-20(3,4)5/h17H,6-16H2,1-5H3,(H,21,23). The Morgan fingerprint density at radius 1 is 0.880 bits per heavy atom. The van der Waals surface area contributed by atoms with Crippen LogP contribution in [0, 0.1) is 5.41 Å². The Hall–Kier alpha value is -1.26. The molecule has 1 amide bonds. The topological polar surface area (TPSA) is 64.6 Å². The number of rotatable bonds is 13. The van der Waals surface area contributed by atoms with Gasteiger partial charge in [-0.25, -0.2) is 9.59 Å². The molecule has 0 aromatic rings. The van der Waals surface area contributed by atoms with Crippen LogP contribution in [0.5, 0.6) is 0 Å². The van der Waals surface area contributed by atoms with Gasteiger partial charge in [-0.05, 0) is 18.3 Å². The maximum Gasteiger partial charge on any atom is 0.407 e. The van der Waals surface area contributed by atoms with E-state index in [1.165, 1.54) is 32.1 Å². The first kappa shape index (κ1) is 23.7. The lowest BCUT2D eigenvalue weighted by atomic mass is 9.99. The zero-order chi connectivity index (χ0) is 19.1. The Morgan fingerprint density at radius 2 is 1.48 bits per heavy atom. The number of hydrogen-bond acceptors (Lipinski definition) is 4. The Balaban J connectivity index is 4.00. The highest BCUT2D eigenvalue weighted by atomic mass is 16.6. The summed E-state index contributed by atoms with van der Waals surface area (Å²) in [4.78, 5) is 24.0. The van der Waals surface area contributed by atoms with E-state index in [4.69, 9.17) is 9.47 Å². The summed E-state index contributed by atoms with van der Waals surface area (Å²) in [6, 6.07) is -0.623. The lowest BCUT2D eigenvalue weighted by Gasteiger charge is -2.20. The first-order valence-electron chi connectivity index (χ1n) is 9.90. The molecule has 5 nitrogen and oxygen atoms in total. The molecule has 0 saturated carbocycles. The van der Waals surface area contributed by atoms with Gasteiger partial charge in [0.15, 0.2) is 0 Å². The van der Waals surface area contributed by atoms with Crippen molar-refractivity contribution in [2.75, 3.05) is 13.2 Å². The van der Waals surface area contributed by atoms with Gasteiger partial charge in [-0.15, -0.1) is 0 Å². The molecule has 5 heteroatoms. The third kappa shape index (κ3) is 14.8. The molecule has 0 aliphatic heterocycles. The molecule has 1 unspecified atom stereocenters. The van der Waals surface area contributed by atoms with Crippen LogP contribution in [0.4, 0.5) is 4.79 Å². The number of ether oxygens (including phenoxy) is 2. The Labute approximate surface area is 154 Å². The number of unbranched alkanes of at least 4 members (excludes halogenated alkanes) is 6. The van der Waals surface area contributed by atoms with Crippen molar-refractivity contribution in [1.29, 1.82) is 0 Å². The number of amides is 1. The summed E-state index contributed by atoms with van der Waals surface area (Å²) >= 11 is 0. The second kappa shape index (κ2) is 14.0. The monoisotopic (exact) mass is 357 g/mol. The van der Waals surface area contributed by atoms with E-state index in [9.17, 15) is 9.59 Å². The number of alkyl carbamates (subject to hydrolysis) is 1. The molecule has 148 valence electrons. The molecule has 0 bridgehead atoms. The van der Waals surface area contributed by atoms with Gasteiger partial charge in [-0.2, -0.15) is 0 Å². The van der Waals surface area contributed by atoms with Gasteiger partial charge in [0.25, 0.3) is 0 Å². The molecule has 0 heterocycles. The van der Waals surface area contributed by atoms with Crippen LogP contribution in [0.3, 0.4) is 0 Å². The predicted molar refractivity (Wildman–Crippen MR) is 102 cm³/mol. The number of esters is 1. The van der Waals surface area contributed by atoms with Crippen LogP contribution in [-0.2, 0) is 14.3 Å². The van der Waals surface area contributed by atoms with E-state index < -0.39 is 12.1 Å². The molecule has 0 spiro atoms. The second-order valence-corrected chi connectivity index (χ2v) is 7.91. The van der Waals surface area contributed by atoms with Crippen LogP contribution in [0.1, 0.15) is 92.4 Å². The van der Waals surface area contributed by atoms with Crippen LogP contribution in [0.15, 0.2) is 0 Å². The minimum absolute atomic E-state index is 0.102. The number of nitrogens with one attached hydrogen (secondary N) is 1. The van der Waals surface area contributed by atoms with Crippen LogP contribution in [0.2, 0.25) is 0 Å². The highest BCUT2D eigenvalue weighted by molar-refractivity contribution is 5.81. The van der Waals surface area contributed by atoms with Crippen molar-refractivity contribution in [1.82, 2.24) is 5.32 Å². The average molecular weight is 358 g/mol. The lowest BCUT2D eigenvalue weighted by Crippen LogP contribution is -2.42. The number of hydrogen-bond donors (Lipinski definition) is 1.